The first-order valence-corrected chi connectivity index (χ1v) is 10.4. The normalized spacial score (nSPS) is 18.3. The third-order valence-corrected chi connectivity index (χ3v) is 6.18. The highest BCUT2D eigenvalue weighted by Crippen LogP contribution is 2.25. The number of nitrogens with zero attached hydrogens (tertiary/aromatic N) is 2. The van der Waals surface area contributed by atoms with Gasteiger partial charge in [-0.3, -0.25) is 9.69 Å². The Morgan fingerprint density at radius 2 is 1.78 bits per heavy atom. The van der Waals surface area contributed by atoms with Gasteiger partial charge in [0.1, 0.15) is 0 Å². The molecule has 1 amide bonds. The van der Waals surface area contributed by atoms with Crippen LogP contribution >= 0.6 is 11.6 Å². The summed E-state index contributed by atoms with van der Waals surface area (Å²) in [7, 11) is 0. The Bertz CT molecular complexity index is 798. The van der Waals surface area contributed by atoms with Gasteiger partial charge in [0.2, 0.25) is 5.91 Å². The van der Waals surface area contributed by atoms with Crippen molar-refractivity contribution in [1.29, 1.82) is 0 Å². The van der Waals surface area contributed by atoms with Crippen molar-refractivity contribution in [1.82, 2.24) is 9.80 Å². The highest BCUT2D eigenvalue weighted by molar-refractivity contribution is 6.30. The second-order valence-corrected chi connectivity index (χ2v) is 8.32. The summed E-state index contributed by atoms with van der Waals surface area (Å²) in [5, 5.41) is 0.802. The van der Waals surface area contributed by atoms with Gasteiger partial charge >= 0.3 is 0 Å². The van der Waals surface area contributed by atoms with Crippen LogP contribution in [-0.4, -0.2) is 35.3 Å². The van der Waals surface area contributed by atoms with E-state index < -0.39 is 0 Å². The number of hydrogen-bond acceptors (Lipinski definition) is 2. The number of likely N-dealkylation sites (tertiary alicyclic amines) is 1. The van der Waals surface area contributed by atoms with Gasteiger partial charge in [0.25, 0.3) is 0 Å². The fraction of sp³-hybridized carbons (Fsp3) is 0.435. The average Bonchev–Trinajstić information content (AvgIpc) is 2.69. The van der Waals surface area contributed by atoms with Crippen molar-refractivity contribution < 1.29 is 4.79 Å². The minimum atomic E-state index is 0.331. The minimum Gasteiger partial charge on any atom is -0.338 e. The lowest BCUT2D eigenvalue weighted by Crippen LogP contribution is -2.39. The van der Waals surface area contributed by atoms with Crippen molar-refractivity contribution >= 4 is 17.5 Å². The van der Waals surface area contributed by atoms with Crippen LogP contribution in [0.4, 0.5) is 0 Å². The van der Waals surface area contributed by atoms with E-state index >= 15 is 0 Å². The van der Waals surface area contributed by atoms with Crippen LogP contribution in [0.2, 0.25) is 5.02 Å². The topological polar surface area (TPSA) is 23.6 Å². The fourth-order valence-electron chi connectivity index (χ4n) is 4.33. The maximum atomic E-state index is 12.8. The predicted molar refractivity (Wildman–Crippen MR) is 110 cm³/mol. The van der Waals surface area contributed by atoms with Crippen molar-refractivity contribution in [3.8, 4) is 0 Å². The molecule has 2 heterocycles. The fourth-order valence-corrected chi connectivity index (χ4v) is 4.54. The van der Waals surface area contributed by atoms with E-state index in [0.29, 0.717) is 18.2 Å². The molecule has 3 nitrogen and oxygen atoms in total. The van der Waals surface area contributed by atoms with Gasteiger partial charge in [0, 0.05) is 31.1 Å². The number of benzene rings is 2. The van der Waals surface area contributed by atoms with Crippen LogP contribution in [0.25, 0.3) is 0 Å². The molecule has 0 saturated carbocycles. The number of carbonyl (C=O) groups is 1. The molecule has 4 heteroatoms. The van der Waals surface area contributed by atoms with Crippen LogP contribution in [0.5, 0.6) is 0 Å². The third kappa shape index (κ3) is 4.72. The van der Waals surface area contributed by atoms with Gasteiger partial charge in [-0.1, -0.05) is 48.0 Å². The molecule has 2 aliphatic rings. The molecular weight excluding hydrogens is 356 g/mol. The number of rotatable bonds is 4. The molecule has 0 aromatic heterocycles. The van der Waals surface area contributed by atoms with Crippen LogP contribution in [0.3, 0.4) is 0 Å². The van der Waals surface area contributed by atoms with Crippen molar-refractivity contribution in [2.75, 3.05) is 19.6 Å². The summed E-state index contributed by atoms with van der Waals surface area (Å²) in [4.78, 5) is 17.3. The summed E-state index contributed by atoms with van der Waals surface area (Å²) in [6, 6.07) is 16.6. The molecular formula is C23H27ClN2O. The molecule has 142 valence electrons. The van der Waals surface area contributed by atoms with Crippen molar-refractivity contribution in [3.05, 3.63) is 70.2 Å². The molecule has 27 heavy (non-hydrogen) atoms. The Labute approximate surface area is 166 Å². The van der Waals surface area contributed by atoms with Crippen molar-refractivity contribution in [2.45, 2.75) is 38.8 Å². The highest BCUT2D eigenvalue weighted by Gasteiger charge is 2.26. The summed E-state index contributed by atoms with van der Waals surface area (Å²) in [6.07, 6.45) is 3.90. The summed E-state index contributed by atoms with van der Waals surface area (Å²) in [5.41, 5.74) is 3.98. The monoisotopic (exact) mass is 382 g/mol. The molecule has 2 aliphatic heterocycles. The molecule has 1 fully saturated rings. The predicted octanol–water partition coefficient (Wildman–Crippen LogP) is 4.53. The van der Waals surface area contributed by atoms with Crippen LogP contribution in [0, 0.1) is 5.92 Å². The van der Waals surface area contributed by atoms with E-state index in [1.54, 1.807) is 0 Å². The number of carbonyl (C=O) groups excluding carboxylic acids is 1. The maximum absolute atomic E-state index is 12.8. The largest absolute Gasteiger partial charge is 0.338 e. The second-order valence-electron chi connectivity index (χ2n) is 7.89. The lowest BCUT2D eigenvalue weighted by atomic mass is 9.92. The molecule has 4 rings (SSSR count). The molecule has 0 spiro atoms. The maximum Gasteiger partial charge on any atom is 0.223 e. The molecule has 2 aromatic carbocycles. The smallest absolute Gasteiger partial charge is 0.223 e. The van der Waals surface area contributed by atoms with E-state index in [2.05, 4.69) is 40.1 Å². The van der Waals surface area contributed by atoms with E-state index in [1.807, 2.05) is 18.2 Å². The lowest BCUT2D eigenvalue weighted by molar-refractivity contribution is -0.133. The third-order valence-electron chi connectivity index (χ3n) is 5.95. The van der Waals surface area contributed by atoms with Gasteiger partial charge in [-0.05, 0) is 67.1 Å². The molecule has 0 radical (unpaired) electrons. The summed E-state index contributed by atoms with van der Waals surface area (Å²) >= 11 is 6.09. The molecule has 1 saturated heterocycles. The summed E-state index contributed by atoms with van der Waals surface area (Å²) in [5.74, 6) is 0.850. The Hall–Kier alpha value is -1.84. The van der Waals surface area contributed by atoms with Crippen molar-refractivity contribution in [2.24, 2.45) is 5.92 Å². The average molecular weight is 383 g/mol. The van der Waals surface area contributed by atoms with Crippen molar-refractivity contribution in [3.63, 3.8) is 0 Å². The van der Waals surface area contributed by atoms with Gasteiger partial charge in [0.05, 0.1) is 0 Å². The Balaban J connectivity index is 1.25. The molecule has 0 atom stereocenters. The van der Waals surface area contributed by atoms with E-state index in [9.17, 15) is 4.79 Å². The number of halogens is 1. The number of amides is 1. The number of hydrogen-bond donors (Lipinski definition) is 0. The number of piperidine rings is 1. The van der Waals surface area contributed by atoms with E-state index in [4.69, 9.17) is 11.6 Å². The van der Waals surface area contributed by atoms with E-state index in [-0.39, 0.29) is 0 Å². The standard InChI is InChI=1S/C23H27ClN2O/c24-22-7-3-4-19(14-22)16-25-11-8-18(9-12-25)15-23(27)26-13-10-20-5-1-2-6-21(20)17-26/h1-7,14,18H,8-13,15-17H2. The zero-order chi connectivity index (χ0) is 18.6. The zero-order valence-corrected chi connectivity index (χ0v) is 16.5. The van der Waals surface area contributed by atoms with Gasteiger partial charge in [-0.15, -0.1) is 0 Å². The van der Waals surface area contributed by atoms with Crippen LogP contribution in [0.1, 0.15) is 36.0 Å². The van der Waals surface area contributed by atoms with Gasteiger partial charge in [-0.25, -0.2) is 0 Å². The Morgan fingerprint density at radius 3 is 2.56 bits per heavy atom. The number of fused-ring (bicyclic) bond motifs is 1. The van der Waals surface area contributed by atoms with E-state index in [0.717, 1.165) is 57.0 Å². The molecule has 0 unspecified atom stereocenters. The van der Waals surface area contributed by atoms with Crippen LogP contribution < -0.4 is 0 Å². The van der Waals surface area contributed by atoms with Crippen LogP contribution in [0.15, 0.2) is 48.5 Å². The molecule has 0 N–H and O–H groups in total. The summed E-state index contributed by atoms with van der Waals surface area (Å²) < 4.78 is 0. The highest BCUT2D eigenvalue weighted by atomic mass is 35.5. The minimum absolute atomic E-state index is 0.331. The van der Waals surface area contributed by atoms with Gasteiger partial charge in [-0.2, -0.15) is 0 Å². The Morgan fingerprint density at radius 1 is 1.00 bits per heavy atom. The molecule has 0 bridgehead atoms. The molecule has 0 aliphatic carbocycles. The van der Waals surface area contributed by atoms with Crippen LogP contribution in [-0.2, 0) is 24.3 Å². The quantitative estimate of drug-likeness (QED) is 0.775. The Kier molecular flexibility index (Phi) is 5.80. The lowest BCUT2D eigenvalue weighted by Gasteiger charge is -2.34. The first-order valence-electron chi connectivity index (χ1n) is 9.99. The first-order chi connectivity index (χ1) is 13.2. The summed E-state index contributed by atoms with van der Waals surface area (Å²) in [6.45, 7) is 4.72. The van der Waals surface area contributed by atoms with Gasteiger partial charge < -0.3 is 4.90 Å². The van der Waals surface area contributed by atoms with E-state index in [1.165, 1.54) is 16.7 Å². The SMILES string of the molecule is O=C(CC1CCN(Cc2cccc(Cl)c2)CC1)N1CCc2ccccc2C1. The second kappa shape index (κ2) is 8.45. The first kappa shape index (κ1) is 18.5. The van der Waals surface area contributed by atoms with Gasteiger partial charge in [0.15, 0.2) is 0 Å². The zero-order valence-electron chi connectivity index (χ0n) is 15.7. The molecule has 2 aromatic rings.